The molecule has 8 nitrogen and oxygen atoms in total. The van der Waals surface area contributed by atoms with Gasteiger partial charge in [0.05, 0.1) is 13.1 Å². The summed E-state index contributed by atoms with van der Waals surface area (Å²) in [6.07, 6.45) is 0.416. The molecule has 0 saturated carbocycles. The summed E-state index contributed by atoms with van der Waals surface area (Å²) < 4.78 is 0. The van der Waals surface area contributed by atoms with Gasteiger partial charge >= 0.3 is 0 Å². The Bertz CT molecular complexity index is 960. The predicted molar refractivity (Wildman–Crippen MR) is 128 cm³/mol. The highest BCUT2D eigenvalue weighted by atomic mass is 16.2. The molecule has 0 heterocycles. The molecule has 0 fully saturated rings. The minimum Gasteiger partial charge on any atom is -0.347 e. The van der Waals surface area contributed by atoms with E-state index >= 15 is 0 Å². The fraction of sp³-hybridized carbons (Fsp3) is 0.360. The van der Waals surface area contributed by atoms with Crippen LogP contribution in [0.25, 0.3) is 0 Å². The monoisotopic (exact) mass is 452 g/mol. The Kier molecular flexibility index (Phi) is 10.1. The fourth-order valence-electron chi connectivity index (χ4n) is 3.27. The SMILES string of the molecule is Cc1cccc(NC(=O)CNC(=O)CCC(C(=O)NCC(=O)Nc2ccccc2)C(C)C)c1. The third-order valence-electron chi connectivity index (χ3n) is 5.05. The van der Waals surface area contributed by atoms with Crippen LogP contribution < -0.4 is 21.3 Å². The Labute approximate surface area is 194 Å². The molecule has 33 heavy (non-hydrogen) atoms. The zero-order valence-electron chi connectivity index (χ0n) is 19.3. The second-order valence-corrected chi connectivity index (χ2v) is 8.22. The van der Waals surface area contributed by atoms with Crippen LogP contribution >= 0.6 is 0 Å². The summed E-state index contributed by atoms with van der Waals surface area (Å²) >= 11 is 0. The topological polar surface area (TPSA) is 116 Å². The van der Waals surface area contributed by atoms with Gasteiger partial charge in [-0.2, -0.15) is 0 Å². The predicted octanol–water partition coefficient (Wildman–Crippen LogP) is 2.86. The molecule has 1 atom stereocenters. The van der Waals surface area contributed by atoms with E-state index in [1.807, 2.05) is 45.0 Å². The van der Waals surface area contributed by atoms with Crippen molar-refractivity contribution >= 4 is 35.0 Å². The van der Waals surface area contributed by atoms with Gasteiger partial charge in [-0.15, -0.1) is 0 Å². The van der Waals surface area contributed by atoms with E-state index in [4.69, 9.17) is 0 Å². The number of aryl methyl sites for hydroxylation is 1. The van der Waals surface area contributed by atoms with Crippen molar-refractivity contribution in [3.8, 4) is 0 Å². The second kappa shape index (κ2) is 13.0. The molecule has 176 valence electrons. The lowest BCUT2D eigenvalue weighted by Gasteiger charge is -2.20. The highest BCUT2D eigenvalue weighted by molar-refractivity contribution is 5.95. The Morgan fingerprint density at radius 1 is 0.758 bits per heavy atom. The summed E-state index contributed by atoms with van der Waals surface area (Å²) in [7, 11) is 0. The van der Waals surface area contributed by atoms with Gasteiger partial charge in [0.25, 0.3) is 0 Å². The molecule has 1 unspecified atom stereocenters. The van der Waals surface area contributed by atoms with Crippen LogP contribution in [0.1, 0.15) is 32.3 Å². The summed E-state index contributed by atoms with van der Waals surface area (Å²) in [6, 6.07) is 16.4. The number of hydrogen-bond donors (Lipinski definition) is 4. The average Bonchev–Trinajstić information content (AvgIpc) is 2.77. The third kappa shape index (κ3) is 9.55. The number of nitrogens with one attached hydrogen (secondary N) is 4. The first-order valence-corrected chi connectivity index (χ1v) is 11.0. The van der Waals surface area contributed by atoms with Gasteiger partial charge < -0.3 is 21.3 Å². The van der Waals surface area contributed by atoms with Crippen molar-refractivity contribution in [1.82, 2.24) is 10.6 Å². The van der Waals surface area contributed by atoms with Gasteiger partial charge in [-0.05, 0) is 49.1 Å². The average molecular weight is 453 g/mol. The molecule has 0 aromatic heterocycles. The molecule has 4 amide bonds. The quantitative estimate of drug-likeness (QED) is 0.419. The Hall–Kier alpha value is -3.68. The van der Waals surface area contributed by atoms with E-state index in [-0.39, 0.29) is 49.1 Å². The first kappa shape index (κ1) is 25.6. The summed E-state index contributed by atoms with van der Waals surface area (Å²) in [5.41, 5.74) is 2.34. The van der Waals surface area contributed by atoms with Crippen molar-refractivity contribution in [2.75, 3.05) is 23.7 Å². The van der Waals surface area contributed by atoms with Gasteiger partial charge in [-0.1, -0.05) is 44.2 Å². The third-order valence-corrected chi connectivity index (χ3v) is 5.05. The molecule has 0 aliphatic carbocycles. The number of anilines is 2. The number of amides is 4. The molecule has 8 heteroatoms. The fourth-order valence-corrected chi connectivity index (χ4v) is 3.27. The maximum absolute atomic E-state index is 12.6. The molecule has 0 radical (unpaired) electrons. The first-order valence-electron chi connectivity index (χ1n) is 11.0. The van der Waals surface area contributed by atoms with Crippen molar-refractivity contribution in [2.45, 2.75) is 33.6 Å². The van der Waals surface area contributed by atoms with E-state index in [1.54, 1.807) is 30.3 Å². The molecule has 0 bridgehead atoms. The lowest BCUT2D eigenvalue weighted by molar-refractivity contribution is -0.129. The van der Waals surface area contributed by atoms with Gasteiger partial charge in [-0.25, -0.2) is 0 Å². The van der Waals surface area contributed by atoms with Gasteiger partial charge in [-0.3, -0.25) is 19.2 Å². The number of rotatable bonds is 11. The van der Waals surface area contributed by atoms with E-state index in [1.165, 1.54) is 0 Å². The van der Waals surface area contributed by atoms with E-state index in [2.05, 4.69) is 21.3 Å². The Morgan fingerprint density at radius 2 is 1.36 bits per heavy atom. The summed E-state index contributed by atoms with van der Waals surface area (Å²) in [5.74, 6) is -1.68. The van der Waals surface area contributed by atoms with Crippen LogP contribution in [0.2, 0.25) is 0 Å². The van der Waals surface area contributed by atoms with E-state index in [0.717, 1.165) is 5.56 Å². The molecule has 0 aliphatic rings. The zero-order chi connectivity index (χ0) is 24.2. The van der Waals surface area contributed by atoms with Crippen LogP contribution in [0, 0.1) is 18.8 Å². The van der Waals surface area contributed by atoms with Gasteiger partial charge in [0.2, 0.25) is 23.6 Å². The van der Waals surface area contributed by atoms with E-state index < -0.39 is 5.92 Å². The molecule has 0 aliphatic heterocycles. The van der Waals surface area contributed by atoms with Crippen LogP contribution in [0.3, 0.4) is 0 Å². The number of benzene rings is 2. The minimum atomic E-state index is -0.429. The lowest BCUT2D eigenvalue weighted by Crippen LogP contribution is -2.39. The molecule has 2 rings (SSSR count). The lowest BCUT2D eigenvalue weighted by atomic mass is 9.90. The van der Waals surface area contributed by atoms with Crippen LogP contribution in [0.5, 0.6) is 0 Å². The summed E-state index contributed by atoms with van der Waals surface area (Å²) in [6.45, 7) is 5.41. The maximum atomic E-state index is 12.6. The minimum absolute atomic E-state index is 0.0143. The maximum Gasteiger partial charge on any atom is 0.243 e. The van der Waals surface area contributed by atoms with Crippen molar-refractivity contribution in [3.05, 3.63) is 60.2 Å². The Balaban J connectivity index is 1.73. The molecule has 0 saturated heterocycles. The number of carbonyl (C=O) groups excluding carboxylic acids is 4. The van der Waals surface area contributed by atoms with E-state index in [9.17, 15) is 19.2 Å². The van der Waals surface area contributed by atoms with E-state index in [0.29, 0.717) is 17.8 Å². The summed E-state index contributed by atoms with van der Waals surface area (Å²) in [5, 5.41) is 10.7. The molecular formula is C25H32N4O4. The highest BCUT2D eigenvalue weighted by Gasteiger charge is 2.23. The van der Waals surface area contributed by atoms with Crippen LogP contribution in [-0.4, -0.2) is 36.7 Å². The largest absolute Gasteiger partial charge is 0.347 e. The number of carbonyl (C=O) groups is 4. The van der Waals surface area contributed by atoms with Gasteiger partial charge in [0, 0.05) is 23.7 Å². The molecule has 2 aromatic rings. The number of hydrogen-bond acceptors (Lipinski definition) is 4. The van der Waals surface area contributed by atoms with Gasteiger partial charge in [0.15, 0.2) is 0 Å². The van der Waals surface area contributed by atoms with Crippen molar-refractivity contribution in [1.29, 1.82) is 0 Å². The van der Waals surface area contributed by atoms with Gasteiger partial charge in [0.1, 0.15) is 0 Å². The molecular weight excluding hydrogens is 420 g/mol. The molecule has 4 N–H and O–H groups in total. The first-order chi connectivity index (χ1) is 15.7. The van der Waals surface area contributed by atoms with Crippen LogP contribution in [-0.2, 0) is 19.2 Å². The van der Waals surface area contributed by atoms with Crippen LogP contribution in [0.15, 0.2) is 54.6 Å². The normalized spacial score (nSPS) is 11.4. The summed E-state index contributed by atoms with van der Waals surface area (Å²) in [4.78, 5) is 48.8. The molecule has 0 spiro atoms. The van der Waals surface area contributed by atoms with Crippen molar-refractivity contribution in [3.63, 3.8) is 0 Å². The Morgan fingerprint density at radius 3 is 2.00 bits per heavy atom. The van der Waals surface area contributed by atoms with Crippen molar-refractivity contribution in [2.24, 2.45) is 11.8 Å². The smallest absolute Gasteiger partial charge is 0.243 e. The highest BCUT2D eigenvalue weighted by Crippen LogP contribution is 2.17. The standard InChI is InChI=1S/C25H32N4O4/c1-17(2)21(25(33)27-16-24(32)28-19-9-5-4-6-10-19)12-13-22(30)26-15-23(31)29-20-11-7-8-18(3)14-20/h4-11,14,17,21H,12-13,15-16H2,1-3H3,(H,26,30)(H,27,33)(H,28,32)(H,29,31). The second-order valence-electron chi connectivity index (χ2n) is 8.22. The number of para-hydroxylation sites is 1. The van der Waals surface area contributed by atoms with Crippen molar-refractivity contribution < 1.29 is 19.2 Å². The van der Waals surface area contributed by atoms with Crippen LogP contribution in [0.4, 0.5) is 11.4 Å². The zero-order valence-corrected chi connectivity index (χ0v) is 19.3. The molecule has 2 aromatic carbocycles.